The summed E-state index contributed by atoms with van der Waals surface area (Å²) in [4.78, 5) is 15.1. The van der Waals surface area contributed by atoms with Crippen molar-refractivity contribution in [3.63, 3.8) is 0 Å². The van der Waals surface area contributed by atoms with E-state index in [1.54, 1.807) is 0 Å². The predicted octanol–water partition coefficient (Wildman–Crippen LogP) is 2.97. The van der Waals surface area contributed by atoms with Gasteiger partial charge in [0.15, 0.2) is 0 Å². The van der Waals surface area contributed by atoms with Gasteiger partial charge in [-0.3, -0.25) is 4.79 Å². The molecule has 0 radical (unpaired) electrons. The van der Waals surface area contributed by atoms with Gasteiger partial charge in [0, 0.05) is 23.2 Å². The fraction of sp³-hybridized carbons (Fsp3) is 0.500. The van der Waals surface area contributed by atoms with Crippen molar-refractivity contribution in [3.05, 3.63) is 28.2 Å². The molecule has 114 valence electrons. The van der Waals surface area contributed by atoms with Crippen LogP contribution in [0.1, 0.15) is 12.0 Å². The average molecular weight is 363 g/mol. The van der Waals surface area contributed by atoms with Crippen LogP contribution in [0.25, 0.3) is 0 Å². The second-order valence-electron chi connectivity index (χ2n) is 5.40. The van der Waals surface area contributed by atoms with E-state index in [2.05, 4.69) is 15.9 Å². The summed E-state index contributed by atoms with van der Waals surface area (Å²) in [5, 5.41) is 0. The fourth-order valence-corrected chi connectivity index (χ4v) is 3.51. The SMILES string of the molecule is O=C1C(N2CCc3cc(Br)ccc32)CCN1CC(F)(F)F. The van der Waals surface area contributed by atoms with Gasteiger partial charge < -0.3 is 9.80 Å². The van der Waals surface area contributed by atoms with Crippen molar-refractivity contribution in [2.45, 2.75) is 25.1 Å². The third-order valence-corrected chi connectivity index (χ3v) is 4.48. The molecule has 21 heavy (non-hydrogen) atoms. The Morgan fingerprint density at radius 1 is 1.29 bits per heavy atom. The molecule has 2 aliphatic heterocycles. The molecule has 0 aromatic heterocycles. The first-order chi connectivity index (χ1) is 9.85. The van der Waals surface area contributed by atoms with E-state index < -0.39 is 24.7 Å². The highest BCUT2D eigenvalue weighted by Crippen LogP contribution is 2.35. The van der Waals surface area contributed by atoms with Crippen molar-refractivity contribution in [2.75, 3.05) is 24.5 Å². The number of nitrogens with zero attached hydrogens (tertiary/aromatic N) is 2. The number of hydrogen-bond acceptors (Lipinski definition) is 2. The van der Waals surface area contributed by atoms with Gasteiger partial charge >= 0.3 is 6.18 Å². The van der Waals surface area contributed by atoms with E-state index in [0.717, 1.165) is 27.0 Å². The molecular formula is C14H14BrF3N2O. The van der Waals surface area contributed by atoms with Crippen LogP contribution in [-0.4, -0.2) is 42.7 Å². The summed E-state index contributed by atoms with van der Waals surface area (Å²) in [5.74, 6) is -0.414. The molecule has 1 atom stereocenters. The molecule has 0 aliphatic carbocycles. The lowest BCUT2D eigenvalue weighted by molar-refractivity contribution is -0.157. The Kier molecular flexibility index (Phi) is 3.63. The average Bonchev–Trinajstić information content (AvgIpc) is 2.92. The highest BCUT2D eigenvalue weighted by Gasteiger charge is 2.42. The maximum atomic E-state index is 12.5. The van der Waals surface area contributed by atoms with Crippen molar-refractivity contribution in [3.8, 4) is 0 Å². The first kappa shape index (κ1) is 14.7. The van der Waals surface area contributed by atoms with Gasteiger partial charge in [0.2, 0.25) is 5.91 Å². The topological polar surface area (TPSA) is 23.6 Å². The molecule has 2 heterocycles. The second-order valence-corrected chi connectivity index (χ2v) is 6.31. The number of anilines is 1. The Hall–Kier alpha value is -1.24. The number of benzene rings is 1. The maximum absolute atomic E-state index is 12.5. The summed E-state index contributed by atoms with van der Waals surface area (Å²) in [7, 11) is 0. The summed E-state index contributed by atoms with van der Waals surface area (Å²) < 4.78 is 38.3. The van der Waals surface area contributed by atoms with Crippen molar-refractivity contribution in [1.82, 2.24) is 4.90 Å². The predicted molar refractivity (Wildman–Crippen MR) is 76.2 cm³/mol. The number of carbonyl (C=O) groups excluding carboxylic acids is 1. The molecule has 1 fully saturated rings. The number of carbonyl (C=O) groups is 1. The van der Waals surface area contributed by atoms with E-state index >= 15 is 0 Å². The van der Waals surface area contributed by atoms with E-state index in [-0.39, 0.29) is 6.54 Å². The summed E-state index contributed by atoms with van der Waals surface area (Å²) in [6, 6.07) is 5.35. The molecular weight excluding hydrogens is 349 g/mol. The van der Waals surface area contributed by atoms with Crippen LogP contribution in [0.2, 0.25) is 0 Å². The Labute approximate surface area is 128 Å². The highest BCUT2D eigenvalue weighted by atomic mass is 79.9. The lowest BCUT2D eigenvalue weighted by Gasteiger charge is -2.26. The van der Waals surface area contributed by atoms with Crippen molar-refractivity contribution < 1.29 is 18.0 Å². The molecule has 3 rings (SSSR count). The largest absolute Gasteiger partial charge is 0.406 e. The first-order valence-electron chi connectivity index (χ1n) is 6.76. The quantitative estimate of drug-likeness (QED) is 0.807. The molecule has 7 heteroatoms. The maximum Gasteiger partial charge on any atom is 0.406 e. The summed E-state index contributed by atoms with van der Waals surface area (Å²) >= 11 is 3.40. The van der Waals surface area contributed by atoms with Gasteiger partial charge in [-0.25, -0.2) is 0 Å². The normalized spacial score (nSPS) is 22.1. The molecule has 0 spiro atoms. The highest BCUT2D eigenvalue weighted by molar-refractivity contribution is 9.10. The smallest absolute Gasteiger partial charge is 0.359 e. The van der Waals surface area contributed by atoms with Crippen molar-refractivity contribution in [1.29, 1.82) is 0 Å². The first-order valence-corrected chi connectivity index (χ1v) is 7.55. The third-order valence-electron chi connectivity index (χ3n) is 3.99. The van der Waals surface area contributed by atoms with Crippen molar-refractivity contribution >= 4 is 27.5 Å². The number of amides is 1. The zero-order valence-electron chi connectivity index (χ0n) is 11.2. The van der Waals surface area contributed by atoms with Crippen LogP contribution in [0, 0.1) is 0 Å². The Morgan fingerprint density at radius 2 is 2.05 bits per heavy atom. The van der Waals surface area contributed by atoms with Crippen LogP contribution in [0.5, 0.6) is 0 Å². The molecule has 0 N–H and O–H groups in total. The van der Waals surface area contributed by atoms with Gasteiger partial charge in [-0.1, -0.05) is 15.9 Å². The summed E-state index contributed by atoms with van der Waals surface area (Å²) in [6.07, 6.45) is -3.07. The van der Waals surface area contributed by atoms with Crippen LogP contribution >= 0.6 is 15.9 Å². The molecule has 0 saturated carbocycles. The van der Waals surface area contributed by atoms with Crippen molar-refractivity contribution in [2.24, 2.45) is 0 Å². The number of hydrogen-bond donors (Lipinski definition) is 0. The van der Waals surface area contributed by atoms with E-state index in [9.17, 15) is 18.0 Å². The number of likely N-dealkylation sites (tertiary alicyclic amines) is 1. The minimum absolute atomic E-state index is 0.172. The molecule has 1 unspecified atom stereocenters. The lowest BCUT2D eigenvalue weighted by Crippen LogP contribution is -2.43. The number of alkyl halides is 3. The molecule has 2 aliphatic rings. The zero-order chi connectivity index (χ0) is 15.2. The van der Waals surface area contributed by atoms with Crippen LogP contribution < -0.4 is 4.90 Å². The van der Waals surface area contributed by atoms with Gasteiger partial charge in [0.25, 0.3) is 0 Å². The number of rotatable bonds is 2. The van der Waals surface area contributed by atoms with Crippen LogP contribution in [0.3, 0.4) is 0 Å². The monoisotopic (exact) mass is 362 g/mol. The van der Waals surface area contributed by atoms with Gasteiger partial charge in [-0.15, -0.1) is 0 Å². The van der Waals surface area contributed by atoms with Crippen LogP contribution in [0.4, 0.5) is 18.9 Å². The Balaban J connectivity index is 1.77. The number of halogens is 4. The molecule has 1 aromatic carbocycles. The minimum atomic E-state index is -4.33. The van der Waals surface area contributed by atoms with Crippen LogP contribution in [-0.2, 0) is 11.2 Å². The van der Waals surface area contributed by atoms with Crippen LogP contribution in [0.15, 0.2) is 22.7 Å². The summed E-state index contributed by atoms with van der Waals surface area (Å²) in [6.45, 7) is -0.295. The van der Waals surface area contributed by atoms with Gasteiger partial charge in [-0.05, 0) is 36.6 Å². The van der Waals surface area contributed by atoms with E-state index in [1.165, 1.54) is 0 Å². The summed E-state index contributed by atoms with van der Waals surface area (Å²) in [5.41, 5.74) is 2.09. The zero-order valence-corrected chi connectivity index (χ0v) is 12.7. The van der Waals surface area contributed by atoms with E-state index in [4.69, 9.17) is 0 Å². The fourth-order valence-electron chi connectivity index (χ4n) is 3.10. The van der Waals surface area contributed by atoms with E-state index in [1.807, 2.05) is 23.1 Å². The van der Waals surface area contributed by atoms with Gasteiger partial charge in [0.1, 0.15) is 12.6 Å². The minimum Gasteiger partial charge on any atom is -0.359 e. The van der Waals surface area contributed by atoms with Gasteiger partial charge in [-0.2, -0.15) is 13.2 Å². The van der Waals surface area contributed by atoms with E-state index in [0.29, 0.717) is 13.0 Å². The molecule has 1 saturated heterocycles. The second kappa shape index (κ2) is 5.19. The molecule has 3 nitrogen and oxygen atoms in total. The Morgan fingerprint density at radius 3 is 2.76 bits per heavy atom. The molecule has 0 bridgehead atoms. The number of fused-ring (bicyclic) bond motifs is 1. The standard InChI is InChI=1S/C14H14BrF3N2O/c15-10-1-2-11-9(7-10)3-6-20(11)12-4-5-19(13(12)21)8-14(16,17)18/h1-2,7,12H,3-6,8H2. The lowest BCUT2D eigenvalue weighted by atomic mass is 10.1. The Bertz CT molecular complexity index is 576. The molecule has 1 amide bonds. The third kappa shape index (κ3) is 2.88. The molecule has 1 aromatic rings. The van der Waals surface area contributed by atoms with Gasteiger partial charge in [0.05, 0.1) is 0 Å².